The van der Waals surface area contributed by atoms with Crippen LogP contribution >= 0.6 is 11.6 Å². The van der Waals surface area contributed by atoms with E-state index in [1.165, 1.54) is 0 Å². The van der Waals surface area contributed by atoms with Crippen LogP contribution in [0.15, 0.2) is 12.1 Å². The number of ether oxygens (including phenoxy) is 1. The lowest BCUT2D eigenvalue weighted by molar-refractivity contribution is -0.0504. The molecule has 3 nitrogen and oxygen atoms in total. The van der Waals surface area contributed by atoms with Crippen LogP contribution in [0.4, 0.5) is 13.2 Å². The van der Waals surface area contributed by atoms with Gasteiger partial charge in [0.2, 0.25) is 0 Å². The number of halogens is 4. The molecule has 0 radical (unpaired) electrons. The monoisotopic (exact) mass is 240 g/mol. The van der Waals surface area contributed by atoms with Crippen molar-refractivity contribution in [1.82, 2.24) is 0 Å². The van der Waals surface area contributed by atoms with Gasteiger partial charge in [0.15, 0.2) is 5.75 Å². The van der Waals surface area contributed by atoms with E-state index in [-0.39, 0.29) is 0 Å². The van der Waals surface area contributed by atoms with Crippen molar-refractivity contribution in [2.24, 2.45) is 0 Å². The summed E-state index contributed by atoms with van der Waals surface area (Å²) in [6.07, 6.45) is 0. The lowest BCUT2D eigenvalue weighted by Crippen LogP contribution is -2.08. The van der Waals surface area contributed by atoms with Crippen LogP contribution < -0.4 is 4.74 Å². The van der Waals surface area contributed by atoms with Gasteiger partial charge in [0.1, 0.15) is 16.4 Å². The molecular weight excluding hydrogens is 237 g/mol. The van der Waals surface area contributed by atoms with Gasteiger partial charge >= 0.3 is 12.6 Å². The Hall–Kier alpha value is -1.43. The van der Waals surface area contributed by atoms with Crippen molar-refractivity contribution in [1.29, 1.82) is 0 Å². The van der Waals surface area contributed by atoms with E-state index in [1.807, 2.05) is 0 Å². The van der Waals surface area contributed by atoms with Crippen molar-refractivity contribution in [3.8, 4) is 5.75 Å². The maximum absolute atomic E-state index is 12.8. The molecule has 0 aliphatic rings. The Morgan fingerprint density at radius 3 is 2.53 bits per heavy atom. The molecule has 1 rings (SSSR count). The van der Waals surface area contributed by atoms with Crippen molar-refractivity contribution >= 4 is 17.6 Å². The average Bonchev–Trinajstić information content (AvgIpc) is 2.12. The summed E-state index contributed by atoms with van der Waals surface area (Å²) < 4.78 is 40.4. The Balaban J connectivity index is 3.28. The van der Waals surface area contributed by atoms with Crippen LogP contribution in [-0.2, 0) is 0 Å². The molecule has 0 saturated carbocycles. The summed E-state index contributed by atoms with van der Waals surface area (Å²) in [5.74, 6) is -3.44. The number of rotatable bonds is 3. The first kappa shape index (κ1) is 11.6. The molecular formula is C8H4ClF3O3. The van der Waals surface area contributed by atoms with Crippen LogP contribution in [0.3, 0.4) is 0 Å². The Labute approximate surface area is 87.0 Å². The highest BCUT2D eigenvalue weighted by Gasteiger charge is 2.20. The zero-order valence-corrected chi connectivity index (χ0v) is 7.76. The van der Waals surface area contributed by atoms with Crippen molar-refractivity contribution in [3.05, 3.63) is 28.5 Å². The molecule has 0 spiro atoms. The van der Waals surface area contributed by atoms with Gasteiger partial charge in [0.05, 0.1) is 0 Å². The Bertz CT molecular complexity index is 395. The predicted octanol–water partition coefficient (Wildman–Crippen LogP) is 2.78. The molecule has 1 aromatic rings. The predicted molar refractivity (Wildman–Crippen MR) is 45.0 cm³/mol. The molecule has 1 N–H and O–H groups in total. The van der Waals surface area contributed by atoms with E-state index in [1.54, 1.807) is 0 Å². The largest absolute Gasteiger partial charge is 0.478 e. The normalized spacial score (nSPS) is 10.5. The minimum atomic E-state index is -3.28. The smallest absolute Gasteiger partial charge is 0.387 e. The molecule has 0 fully saturated rings. The van der Waals surface area contributed by atoms with E-state index in [0.717, 1.165) is 12.1 Å². The minimum absolute atomic E-state index is 0.623. The SMILES string of the molecule is O=C(O)c1ccc(F)c(Cl)c1OC(F)F. The summed E-state index contributed by atoms with van der Waals surface area (Å²) in [6.45, 7) is -3.28. The number of carbonyl (C=O) groups is 1. The number of carboxylic acids is 1. The van der Waals surface area contributed by atoms with Crippen LogP contribution in [0.2, 0.25) is 5.02 Å². The first-order chi connectivity index (χ1) is 6.93. The van der Waals surface area contributed by atoms with Crippen molar-refractivity contribution < 1.29 is 27.8 Å². The van der Waals surface area contributed by atoms with Crippen LogP contribution in [0.1, 0.15) is 10.4 Å². The minimum Gasteiger partial charge on any atom is -0.478 e. The second-order valence-corrected chi connectivity index (χ2v) is 2.80. The molecule has 1 aromatic carbocycles. The number of carboxylic acid groups (broad SMARTS) is 1. The third-order valence-corrected chi connectivity index (χ3v) is 1.84. The molecule has 0 aliphatic carbocycles. The van der Waals surface area contributed by atoms with Gasteiger partial charge in [0.25, 0.3) is 0 Å². The highest BCUT2D eigenvalue weighted by Crippen LogP contribution is 2.32. The van der Waals surface area contributed by atoms with Gasteiger partial charge in [-0.15, -0.1) is 0 Å². The first-order valence-electron chi connectivity index (χ1n) is 3.59. The summed E-state index contributed by atoms with van der Waals surface area (Å²) in [5.41, 5.74) is -0.623. The van der Waals surface area contributed by atoms with Crippen LogP contribution in [0, 0.1) is 5.82 Å². The standard InChI is InChI=1S/C8H4ClF3O3/c9-5-4(10)2-1-3(7(13)14)6(5)15-8(11)12/h1-2,8H,(H,13,14). The quantitative estimate of drug-likeness (QED) is 0.884. The number of benzene rings is 1. The Kier molecular flexibility index (Phi) is 3.41. The van der Waals surface area contributed by atoms with E-state index in [4.69, 9.17) is 16.7 Å². The zero-order chi connectivity index (χ0) is 11.6. The van der Waals surface area contributed by atoms with Crippen LogP contribution in [-0.4, -0.2) is 17.7 Å². The van der Waals surface area contributed by atoms with Gasteiger partial charge < -0.3 is 9.84 Å². The molecule has 0 amide bonds. The van der Waals surface area contributed by atoms with Gasteiger partial charge in [0, 0.05) is 0 Å². The van der Waals surface area contributed by atoms with Gasteiger partial charge in [-0.1, -0.05) is 11.6 Å². The number of alkyl halides is 2. The van der Waals surface area contributed by atoms with Crippen molar-refractivity contribution in [2.75, 3.05) is 0 Å². The fraction of sp³-hybridized carbons (Fsp3) is 0.125. The van der Waals surface area contributed by atoms with Crippen LogP contribution in [0.25, 0.3) is 0 Å². The van der Waals surface area contributed by atoms with E-state index in [9.17, 15) is 18.0 Å². The van der Waals surface area contributed by atoms with E-state index >= 15 is 0 Å². The fourth-order valence-corrected chi connectivity index (χ4v) is 1.11. The number of aromatic carboxylic acids is 1. The third-order valence-electron chi connectivity index (χ3n) is 1.49. The average molecular weight is 241 g/mol. The fourth-order valence-electron chi connectivity index (χ4n) is 0.905. The Morgan fingerprint density at radius 1 is 1.47 bits per heavy atom. The van der Waals surface area contributed by atoms with Gasteiger partial charge in [-0.3, -0.25) is 0 Å². The van der Waals surface area contributed by atoms with E-state index < -0.39 is 34.7 Å². The number of hydrogen-bond acceptors (Lipinski definition) is 2. The van der Waals surface area contributed by atoms with Gasteiger partial charge in [-0.05, 0) is 12.1 Å². The van der Waals surface area contributed by atoms with E-state index in [2.05, 4.69) is 4.74 Å². The third kappa shape index (κ3) is 2.53. The molecule has 7 heteroatoms. The zero-order valence-electron chi connectivity index (χ0n) is 7.01. The van der Waals surface area contributed by atoms with Gasteiger partial charge in [-0.25, -0.2) is 9.18 Å². The Morgan fingerprint density at radius 2 is 2.07 bits per heavy atom. The summed E-state index contributed by atoms with van der Waals surface area (Å²) in [7, 11) is 0. The summed E-state index contributed by atoms with van der Waals surface area (Å²) in [6, 6.07) is 1.55. The van der Waals surface area contributed by atoms with Crippen LogP contribution in [0.5, 0.6) is 5.75 Å². The highest BCUT2D eigenvalue weighted by molar-refractivity contribution is 6.32. The molecule has 82 valence electrons. The maximum Gasteiger partial charge on any atom is 0.387 e. The molecule has 0 aromatic heterocycles. The van der Waals surface area contributed by atoms with E-state index in [0.29, 0.717) is 0 Å². The number of hydrogen-bond donors (Lipinski definition) is 1. The molecule has 0 heterocycles. The summed E-state index contributed by atoms with van der Waals surface area (Å²) in [4.78, 5) is 10.6. The van der Waals surface area contributed by atoms with Crippen molar-refractivity contribution in [3.63, 3.8) is 0 Å². The first-order valence-corrected chi connectivity index (χ1v) is 3.97. The molecule has 0 saturated heterocycles. The van der Waals surface area contributed by atoms with Crippen molar-refractivity contribution in [2.45, 2.75) is 6.61 Å². The van der Waals surface area contributed by atoms with Gasteiger partial charge in [-0.2, -0.15) is 8.78 Å². The topological polar surface area (TPSA) is 46.5 Å². The molecule has 15 heavy (non-hydrogen) atoms. The molecule has 0 aliphatic heterocycles. The lowest BCUT2D eigenvalue weighted by Gasteiger charge is -2.09. The summed E-state index contributed by atoms with van der Waals surface area (Å²) >= 11 is 5.29. The second kappa shape index (κ2) is 4.39. The molecule has 0 bridgehead atoms. The molecule has 0 atom stereocenters. The second-order valence-electron chi connectivity index (χ2n) is 2.42. The maximum atomic E-state index is 12.8. The highest BCUT2D eigenvalue weighted by atomic mass is 35.5. The molecule has 0 unspecified atom stereocenters. The summed E-state index contributed by atoms with van der Waals surface area (Å²) in [5, 5.41) is 7.81. The lowest BCUT2D eigenvalue weighted by atomic mass is 10.2.